The predicted molar refractivity (Wildman–Crippen MR) is 49.9 cm³/mol. The van der Waals surface area contributed by atoms with E-state index in [1.54, 1.807) is 0 Å². The monoisotopic (exact) mass is 172 g/mol. The maximum Gasteiger partial charge on any atom is 0.311 e. The van der Waals surface area contributed by atoms with Gasteiger partial charge in [-0.05, 0) is 34.1 Å². The van der Waals surface area contributed by atoms with Crippen LogP contribution in [0.2, 0.25) is 0 Å². The van der Waals surface area contributed by atoms with Crippen LogP contribution in [0.3, 0.4) is 0 Å². The maximum atomic E-state index is 11.3. The second-order valence-electron chi connectivity index (χ2n) is 4.25. The zero-order valence-corrected chi connectivity index (χ0v) is 8.81. The molecule has 0 fully saturated rings. The summed E-state index contributed by atoms with van der Waals surface area (Å²) >= 11 is 0. The molecule has 0 N–H and O–H groups in total. The van der Waals surface area contributed by atoms with E-state index in [4.69, 9.17) is 4.74 Å². The summed E-state index contributed by atoms with van der Waals surface area (Å²) in [6, 6.07) is 0. The highest BCUT2D eigenvalue weighted by Crippen LogP contribution is 2.17. The third-order valence-electron chi connectivity index (χ3n) is 1.62. The highest BCUT2D eigenvalue weighted by atomic mass is 16.5. The lowest BCUT2D eigenvalue weighted by Gasteiger charge is -2.20. The molecule has 0 heterocycles. The number of carbonyl (C=O) groups excluding carboxylic acids is 1. The van der Waals surface area contributed by atoms with Gasteiger partial charge in [0.2, 0.25) is 0 Å². The minimum atomic E-state index is -0.373. The van der Waals surface area contributed by atoms with Gasteiger partial charge in [0.15, 0.2) is 0 Å². The Bertz CT molecular complexity index is 144. The minimum absolute atomic E-state index is 0.0572. The molecular formula is C10H20O2. The molecule has 0 saturated heterocycles. The first-order valence-corrected chi connectivity index (χ1v) is 4.59. The molecule has 0 saturated carbocycles. The van der Waals surface area contributed by atoms with Gasteiger partial charge in [-0.3, -0.25) is 4.79 Å². The molecular weight excluding hydrogens is 152 g/mol. The summed E-state index contributed by atoms with van der Waals surface area (Å²) in [6.07, 6.45) is 2.06. The van der Waals surface area contributed by atoms with Gasteiger partial charge in [-0.2, -0.15) is 0 Å². The lowest BCUT2D eigenvalue weighted by molar-refractivity contribution is -0.158. The van der Waals surface area contributed by atoms with Gasteiger partial charge in [0.25, 0.3) is 0 Å². The van der Waals surface area contributed by atoms with Crippen molar-refractivity contribution in [3.05, 3.63) is 0 Å². The summed E-state index contributed by atoms with van der Waals surface area (Å²) in [5.74, 6) is -0.108. The standard InChI is InChI=1S/C10H20O2/c1-6-7-8(2)12-9(11)10(3,4)5/h8H,6-7H2,1-5H3/t8-/m0/s1. The Morgan fingerprint density at radius 2 is 1.92 bits per heavy atom. The summed E-state index contributed by atoms with van der Waals surface area (Å²) in [5.41, 5.74) is -0.373. The van der Waals surface area contributed by atoms with Gasteiger partial charge in [0.05, 0.1) is 11.5 Å². The van der Waals surface area contributed by atoms with Crippen molar-refractivity contribution >= 4 is 5.97 Å². The first-order valence-electron chi connectivity index (χ1n) is 4.59. The first-order chi connectivity index (χ1) is 5.38. The highest BCUT2D eigenvalue weighted by Gasteiger charge is 2.24. The molecule has 0 amide bonds. The van der Waals surface area contributed by atoms with Gasteiger partial charge < -0.3 is 4.74 Å². The molecule has 0 bridgehead atoms. The van der Waals surface area contributed by atoms with Crippen molar-refractivity contribution in [2.75, 3.05) is 0 Å². The van der Waals surface area contributed by atoms with Crippen molar-refractivity contribution < 1.29 is 9.53 Å². The SMILES string of the molecule is CCC[C@H](C)OC(=O)C(C)(C)C. The van der Waals surface area contributed by atoms with Crippen LogP contribution >= 0.6 is 0 Å². The van der Waals surface area contributed by atoms with Gasteiger partial charge in [0, 0.05) is 0 Å². The second-order valence-corrected chi connectivity index (χ2v) is 4.25. The molecule has 0 unspecified atom stereocenters. The Morgan fingerprint density at radius 1 is 1.42 bits per heavy atom. The summed E-state index contributed by atoms with van der Waals surface area (Å²) in [6.45, 7) is 9.63. The van der Waals surface area contributed by atoms with Gasteiger partial charge in [-0.1, -0.05) is 13.3 Å². The molecule has 0 spiro atoms. The molecule has 1 atom stereocenters. The Labute approximate surface area is 75.3 Å². The molecule has 0 aromatic rings. The zero-order chi connectivity index (χ0) is 9.78. The van der Waals surface area contributed by atoms with E-state index in [-0.39, 0.29) is 17.5 Å². The van der Waals surface area contributed by atoms with Gasteiger partial charge >= 0.3 is 5.97 Å². The van der Waals surface area contributed by atoms with Crippen LogP contribution in [0.15, 0.2) is 0 Å². The zero-order valence-electron chi connectivity index (χ0n) is 8.81. The molecule has 0 rings (SSSR count). The number of esters is 1. The molecule has 0 aromatic heterocycles. The average Bonchev–Trinajstić information content (AvgIpc) is 1.85. The third kappa shape index (κ3) is 4.37. The molecule has 12 heavy (non-hydrogen) atoms. The summed E-state index contributed by atoms with van der Waals surface area (Å²) in [5, 5.41) is 0. The smallest absolute Gasteiger partial charge is 0.311 e. The molecule has 0 radical (unpaired) electrons. The fourth-order valence-corrected chi connectivity index (χ4v) is 0.825. The number of rotatable bonds is 3. The molecule has 0 aromatic carbocycles. The topological polar surface area (TPSA) is 26.3 Å². The van der Waals surface area contributed by atoms with Crippen molar-refractivity contribution in [1.82, 2.24) is 0 Å². The van der Waals surface area contributed by atoms with Crippen LogP contribution in [0.25, 0.3) is 0 Å². The number of carbonyl (C=O) groups is 1. The maximum absolute atomic E-state index is 11.3. The van der Waals surface area contributed by atoms with E-state index in [1.165, 1.54) is 0 Å². The molecule has 72 valence electrons. The second kappa shape index (κ2) is 4.48. The van der Waals surface area contributed by atoms with Crippen LogP contribution in [0.1, 0.15) is 47.5 Å². The number of hydrogen-bond donors (Lipinski definition) is 0. The van der Waals surface area contributed by atoms with Crippen molar-refractivity contribution in [1.29, 1.82) is 0 Å². The highest BCUT2D eigenvalue weighted by molar-refractivity contribution is 5.75. The van der Waals surface area contributed by atoms with E-state index < -0.39 is 0 Å². The molecule has 2 heteroatoms. The van der Waals surface area contributed by atoms with Crippen molar-refractivity contribution in [3.8, 4) is 0 Å². The van der Waals surface area contributed by atoms with Gasteiger partial charge in [-0.15, -0.1) is 0 Å². The van der Waals surface area contributed by atoms with E-state index in [2.05, 4.69) is 6.92 Å². The normalized spacial score (nSPS) is 14.1. The lowest BCUT2D eigenvalue weighted by Crippen LogP contribution is -2.26. The summed E-state index contributed by atoms with van der Waals surface area (Å²) in [4.78, 5) is 11.3. The molecule has 0 aliphatic carbocycles. The van der Waals surface area contributed by atoms with E-state index in [9.17, 15) is 4.79 Å². The molecule has 0 aliphatic rings. The third-order valence-corrected chi connectivity index (χ3v) is 1.62. The number of ether oxygens (including phenoxy) is 1. The minimum Gasteiger partial charge on any atom is -0.462 e. The number of hydrogen-bond acceptors (Lipinski definition) is 2. The molecule has 0 aliphatic heterocycles. The summed E-state index contributed by atoms with van der Waals surface area (Å²) < 4.78 is 5.22. The largest absolute Gasteiger partial charge is 0.462 e. The first kappa shape index (κ1) is 11.5. The Balaban J connectivity index is 3.85. The summed E-state index contributed by atoms with van der Waals surface area (Å²) in [7, 11) is 0. The van der Waals surface area contributed by atoms with Crippen LogP contribution in [0.4, 0.5) is 0 Å². The average molecular weight is 172 g/mol. The van der Waals surface area contributed by atoms with E-state index in [0.29, 0.717) is 0 Å². The Kier molecular flexibility index (Phi) is 4.29. The van der Waals surface area contributed by atoms with Crippen LogP contribution in [0.5, 0.6) is 0 Å². The predicted octanol–water partition coefficient (Wildman–Crippen LogP) is 2.76. The Morgan fingerprint density at radius 3 is 2.25 bits per heavy atom. The van der Waals surface area contributed by atoms with Crippen LogP contribution in [0, 0.1) is 5.41 Å². The van der Waals surface area contributed by atoms with Crippen LogP contribution in [-0.2, 0) is 9.53 Å². The Hall–Kier alpha value is -0.530. The van der Waals surface area contributed by atoms with Crippen molar-refractivity contribution in [3.63, 3.8) is 0 Å². The van der Waals surface area contributed by atoms with Crippen LogP contribution in [-0.4, -0.2) is 12.1 Å². The fourth-order valence-electron chi connectivity index (χ4n) is 0.825. The van der Waals surface area contributed by atoms with Gasteiger partial charge in [-0.25, -0.2) is 0 Å². The van der Waals surface area contributed by atoms with Crippen molar-refractivity contribution in [2.24, 2.45) is 5.41 Å². The fraction of sp³-hybridized carbons (Fsp3) is 0.900. The quantitative estimate of drug-likeness (QED) is 0.612. The van der Waals surface area contributed by atoms with Gasteiger partial charge in [0.1, 0.15) is 0 Å². The lowest BCUT2D eigenvalue weighted by atomic mass is 9.97. The van der Waals surface area contributed by atoms with Crippen LogP contribution < -0.4 is 0 Å². The van der Waals surface area contributed by atoms with Crippen molar-refractivity contribution in [2.45, 2.75) is 53.6 Å². The van der Waals surface area contributed by atoms with E-state index in [1.807, 2.05) is 27.7 Å². The molecule has 2 nitrogen and oxygen atoms in total. The van der Waals surface area contributed by atoms with E-state index in [0.717, 1.165) is 12.8 Å². The van der Waals surface area contributed by atoms with E-state index >= 15 is 0 Å².